The van der Waals surface area contributed by atoms with Crippen molar-refractivity contribution in [2.24, 2.45) is 11.7 Å². The van der Waals surface area contributed by atoms with Crippen molar-refractivity contribution in [2.45, 2.75) is 45.5 Å². The number of alkyl halides is 3. The predicted octanol–water partition coefficient (Wildman–Crippen LogP) is 3.31. The third-order valence-corrected chi connectivity index (χ3v) is 4.99. The molecule has 5 nitrogen and oxygen atoms in total. The monoisotopic (exact) mass is 439 g/mol. The SMILES string of the molecule is CC(C)[C@H](N)C(=O)N1CCN(C(=O)c2ccc(C(F)(F)F)cc2F)C(C)(C)C1.Cl. The third-order valence-electron chi connectivity index (χ3n) is 4.99. The van der Waals surface area contributed by atoms with Gasteiger partial charge in [-0.05, 0) is 38.0 Å². The molecule has 1 heterocycles. The van der Waals surface area contributed by atoms with E-state index in [1.807, 2.05) is 13.8 Å². The first-order chi connectivity index (χ1) is 12.8. The minimum atomic E-state index is -4.69. The van der Waals surface area contributed by atoms with Gasteiger partial charge in [0.2, 0.25) is 5.91 Å². The molecule has 1 aromatic carbocycles. The number of piperazine rings is 1. The van der Waals surface area contributed by atoms with Crippen LogP contribution in [0.1, 0.15) is 43.6 Å². The predicted molar refractivity (Wildman–Crippen MR) is 103 cm³/mol. The number of hydrogen-bond acceptors (Lipinski definition) is 3. The van der Waals surface area contributed by atoms with Crippen molar-refractivity contribution in [2.75, 3.05) is 19.6 Å². The maximum atomic E-state index is 14.2. The number of carbonyl (C=O) groups excluding carboxylic acids is 2. The van der Waals surface area contributed by atoms with Crippen LogP contribution in [0, 0.1) is 11.7 Å². The van der Waals surface area contributed by atoms with Gasteiger partial charge in [0.25, 0.3) is 5.91 Å². The van der Waals surface area contributed by atoms with Gasteiger partial charge in [-0.2, -0.15) is 13.2 Å². The molecule has 0 spiro atoms. The van der Waals surface area contributed by atoms with Crippen LogP contribution in [0.4, 0.5) is 17.6 Å². The zero-order valence-corrected chi connectivity index (χ0v) is 17.5. The van der Waals surface area contributed by atoms with E-state index >= 15 is 0 Å². The molecule has 0 saturated carbocycles. The van der Waals surface area contributed by atoms with Crippen LogP contribution in [0.5, 0.6) is 0 Å². The largest absolute Gasteiger partial charge is 0.416 e. The maximum Gasteiger partial charge on any atom is 0.416 e. The summed E-state index contributed by atoms with van der Waals surface area (Å²) in [6.45, 7) is 7.64. The van der Waals surface area contributed by atoms with E-state index in [2.05, 4.69) is 0 Å². The van der Waals surface area contributed by atoms with Crippen molar-refractivity contribution in [1.29, 1.82) is 0 Å². The fraction of sp³-hybridized carbons (Fsp3) is 0.579. The smallest absolute Gasteiger partial charge is 0.337 e. The summed E-state index contributed by atoms with van der Waals surface area (Å²) in [7, 11) is 0. The van der Waals surface area contributed by atoms with Crippen LogP contribution >= 0.6 is 12.4 Å². The van der Waals surface area contributed by atoms with E-state index in [4.69, 9.17) is 5.73 Å². The first-order valence-electron chi connectivity index (χ1n) is 8.99. The summed E-state index contributed by atoms with van der Waals surface area (Å²) in [5, 5.41) is 0. The second-order valence-corrected chi connectivity index (χ2v) is 7.99. The van der Waals surface area contributed by atoms with E-state index in [0.29, 0.717) is 12.1 Å². The van der Waals surface area contributed by atoms with Crippen molar-refractivity contribution in [3.8, 4) is 0 Å². The number of nitrogens with two attached hydrogens (primary N) is 1. The molecule has 10 heteroatoms. The first-order valence-corrected chi connectivity index (χ1v) is 8.99. The normalized spacial score (nSPS) is 17.7. The van der Waals surface area contributed by atoms with E-state index < -0.39 is 40.6 Å². The molecular weight excluding hydrogens is 414 g/mol. The number of amides is 2. The summed E-state index contributed by atoms with van der Waals surface area (Å²) >= 11 is 0. The zero-order valence-electron chi connectivity index (χ0n) is 16.7. The van der Waals surface area contributed by atoms with Crippen molar-refractivity contribution in [1.82, 2.24) is 9.80 Å². The highest BCUT2D eigenvalue weighted by Gasteiger charge is 2.41. The van der Waals surface area contributed by atoms with Gasteiger partial charge in [0.05, 0.1) is 22.7 Å². The standard InChI is InChI=1S/C19H25F4N3O2.ClH/c1-11(2)15(24)17(28)25-7-8-26(18(3,4)10-25)16(27)13-6-5-12(9-14(13)20)19(21,22)23;/h5-6,9,11,15H,7-8,10,24H2,1-4H3;1H/t15-;/m0./s1. The van der Waals surface area contributed by atoms with Gasteiger partial charge in [0.1, 0.15) is 5.82 Å². The van der Waals surface area contributed by atoms with Crippen LogP contribution < -0.4 is 5.73 Å². The Morgan fingerprint density at radius 1 is 1.17 bits per heavy atom. The summed E-state index contributed by atoms with van der Waals surface area (Å²) in [5.74, 6) is -2.21. The lowest BCUT2D eigenvalue weighted by Gasteiger charge is -2.47. The Labute approximate surface area is 173 Å². The molecule has 1 aliphatic rings. The van der Waals surface area contributed by atoms with E-state index in [-0.39, 0.29) is 43.9 Å². The van der Waals surface area contributed by atoms with Gasteiger partial charge in [0.15, 0.2) is 0 Å². The lowest BCUT2D eigenvalue weighted by molar-refractivity contribution is -0.138. The first kappa shape index (κ1) is 25.2. The highest BCUT2D eigenvalue weighted by molar-refractivity contribution is 5.95. The average molecular weight is 440 g/mol. The van der Waals surface area contributed by atoms with Gasteiger partial charge in [-0.25, -0.2) is 4.39 Å². The molecule has 2 N–H and O–H groups in total. The molecule has 1 saturated heterocycles. The van der Waals surface area contributed by atoms with Crippen LogP contribution in [-0.2, 0) is 11.0 Å². The highest BCUT2D eigenvalue weighted by Crippen LogP contribution is 2.31. The Kier molecular flexibility index (Phi) is 7.70. The van der Waals surface area contributed by atoms with Crippen molar-refractivity contribution >= 4 is 24.2 Å². The molecule has 2 amide bonds. The summed E-state index contributed by atoms with van der Waals surface area (Å²) in [6, 6.07) is 1.19. The second kappa shape index (κ2) is 8.87. The minimum absolute atomic E-state index is 0. The average Bonchev–Trinajstić information content (AvgIpc) is 2.58. The summed E-state index contributed by atoms with van der Waals surface area (Å²) in [5.41, 5.74) is 3.50. The van der Waals surface area contributed by atoms with Crippen molar-refractivity contribution in [3.63, 3.8) is 0 Å². The molecular formula is C19H26ClF4N3O2. The highest BCUT2D eigenvalue weighted by atomic mass is 35.5. The maximum absolute atomic E-state index is 14.2. The third kappa shape index (κ3) is 5.39. The molecule has 0 aliphatic carbocycles. The number of halogens is 5. The Bertz CT molecular complexity index is 768. The van der Waals surface area contributed by atoms with Gasteiger partial charge in [-0.3, -0.25) is 9.59 Å². The van der Waals surface area contributed by atoms with Crippen molar-refractivity contribution in [3.05, 3.63) is 35.1 Å². The quantitative estimate of drug-likeness (QED) is 0.735. The van der Waals surface area contributed by atoms with Gasteiger partial charge in [-0.15, -0.1) is 12.4 Å². The minimum Gasteiger partial charge on any atom is -0.337 e. The molecule has 0 radical (unpaired) electrons. The van der Waals surface area contributed by atoms with Crippen molar-refractivity contribution < 1.29 is 27.2 Å². The van der Waals surface area contributed by atoms with Crippen LogP contribution in [0.3, 0.4) is 0 Å². The van der Waals surface area contributed by atoms with Gasteiger partial charge >= 0.3 is 6.18 Å². The zero-order chi connectivity index (χ0) is 21.4. The lowest BCUT2D eigenvalue weighted by Crippen LogP contribution is -2.64. The number of nitrogens with zero attached hydrogens (tertiary/aromatic N) is 2. The van der Waals surface area contributed by atoms with Gasteiger partial charge in [-0.1, -0.05) is 13.8 Å². The van der Waals surface area contributed by atoms with E-state index in [1.54, 1.807) is 18.7 Å². The molecule has 1 aromatic rings. The van der Waals surface area contributed by atoms with E-state index in [1.165, 1.54) is 4.90 Å². The fourth-order valence-corrected chi connectivity index (χ4v) is 3.23. The molecule has 0 bridgehead atoms. The Morgan fingerprint density at radius 2 is 1.76 bits per heavy atom. The summed E-state index contributed by atoms with van der Waals surface area (Å²) in [4.78, 5) is 28.2. The topological polar surface area (TPSA) is 66.6 Å². The summed E-state index contributed by atoms with van der Waals surface area (Å²) in [6.07, 6.45) is -4.69. The lowest BCUT2D eigenvalue weighted by atomic mass is 9.95. The Balaban J connectivity index is 0.00000420. The number of benzene rings is 1. The molecule has 1 fully saturated rings. The summed E-state index contributed by atoms with van der Waals surface area (Å²) < 4.78 is 52.3. The van der Waals surface area contributed by atoms with Crippen LogP contribution in [0.2, 0.25) is 0 Å². The van der Waals surface area contributed by atoms with Crippen LogP contribution in [0.25, 0.3) is 0 Å². The van der Waals surface area contributed by atoms with Crippen LogP contribution in [-0.4, -0.2) is 52.8 Å². The molecule has 2 rings (SSSR count). The van der Waals surface area contributed by atoms with Gasteiger partial charge < -0.3 is 15.5 Å². The molecule has 0 unspecified atom stereocenters. The Morgan fingerprint density at radius 3 is 2.21 bits per heavy atom. The van der Waals surface area contributed by atoms with Crippen LogP contribution in [0.15, 0.2) is 18.2 Å². The van der Waals surface area contributed by atoms with E-state index in [9.17, 15) is 27.2 Å². The number of carbonyl (C=O) groups is 2. The second-order valence-electron chi connectivity index (χ2n) is 7.99. The fourth-order valence-electron chi connectivity index (χ4n) is 3.23. The molecule has 29 heavy (non-hydrogen) atoms. The van der Waals surface area contributed by atoms with Gasteiger partial charge in [0, 0.05) is 19.6 Å². The molecule has 0 aromatic heterocycles. The number of rotatable bonds is 3. The molecule has 164 valence electrons. The van der Waals surface area contributed by atoms with E-state index in [0.717, 1.165) is 6.07 Å². The number of hydrogen-bond donors (Lipinski definition) is 1. The molecule has 1 atom stereocenters. The molecule has 1 aliphatic heterocycles. The Hall–Kier alpha value is -1.87.